The number of carboxylic acids is 1. The van der Waals surface area contributed by atoms with Crippen molar-refractivity contribution in [1.29, 1.82) is 0 Å². The van der Waals surface area contributed by atoms with Crippen molar-refractivity contribution >= 4 is 68.7 Å². The van der Waals surface area contributed by atoms with Crippen molar-refractivity contribution in [3.8, 4) is 0 Å². The van der Waals surface area contributed by atoms with Gasteiger partial charge in [-0.25, -0.2) is 4.98 Å². The lowest BCUT2D eigenvalue weighted by molar-refractivity contribution is -0.148. The Labute approximate surface area is 318 Å². The zero-order valence-corrected chi connectivity index (χ0v) is 32.0. The number of nitrogens with zero attached hydrogens (tertiary/aromatic N) is 2. The summed E-state index contributed by atoms with van der Waals surface area (Å²) < 4.78 is 9.94. The SMILES string of the molecule is C=Cc1c(C)c2cc3nc(cc4nc(cc5[nH]c(cc1[nH]2)c(C)c5CCC(=O)OC)C(CCC(=O)OC)=C4C)[C@@]1(C)C3=CC[C@@H](C(=O)O)[C@H]1C(=O)NCCO. The molecule has 5 heterocycles. The number of H-pyrrole nitrogens is 2. The Hall–Kier alpha value is -5.82. The lowest BCUT2D eigenvalue weighted by Gasteiger charge is -2.40. The fourth-order valence-electron chi connectivity index (χ4n) is 8.26. The zero-order valence-electron chi connectivity index (χ0n) is 32.0. The van der Waals surface area contributed by atoms with Gasteiger partial charge in [-0.15, -0.1) is 0 Å². The van der Waals surface area contributed by atoms with Gasteiger partial charge in [0.25, 0.3) is 0 Å². The number of methoxy groups -OCH3 is 2. The van der Waals surface area contributed by atoms with Crippen LogP contribution in [0.1, 0.15) is 84.6 Å². The molecule has 6 rings (SSSR count). The van der Waals surface area contributed by atoms with Crippen molar-refractivity contribution in [3.05, 3.63) is 81.9 Å². The fraction of sp³-hybridized carbons (Fsp3) is 0.381. The fourth-order valence-corrected chi connectivity index (χ4v) is 8.26. The van der Waals surface area contributed by atoms with Gasteiger partial charge in [0.15, 0.2) is 0 Å². The van der Waals surface area contributed by atoms with E-state index in [0.717, 1.165) is 55.5 Å². The standard InChI is InChI=1S/C42H47N5O8/c1-8-24-21(2)30-18-35-28-12-9-27(41(52)53)39(40(51)43-15-16-48)42(28,5)36(47-35)20-31-23(4)26(11-14-38(50)55-7)34(46-31)19-33-25(10-13-37(49)54-6)22(3)29(45-33)17-32(24)44-30/h8,12,17-20,27,39,44-45,48H,1,9-11,13-16H2,2-7H3,(H,43,51)(H,52,53)/t27-,39+,42-/m1/s1. The maximum atomic E-state index is 14.0. The van der Waals surface area contributed by atoms with Crippen LogP contribution in [0.2, 0.25) is 0 Å². The number of aromatic nitrogens is 4. The summed E-state index contributed by atoms with van der Waals surface area (Å²) in [5, 5.41) is 22.7. The molecule has 0 saturated heterocycles. The van der Waals surface area contributed by atoms with Gasteiger partial charge >= 0.3 is 17.9 Å². The Kier molecular flexibility index (Phi) is 11.0. The number of carbonyl (C=O) groups is 4. The van der Waals surface area contributed by atoms with Gasteiger partial charge in [0.1, 0.15) is 0 Å². The van der Waals surface area contributed by atoms with Crippen molar-refractivity contribution in [3.63, 3.8) is 0 Å². The first-order valence-corrected chi connectivity index (χ1v) is 18.3. The number of nitrogens with one attached hydrogen (secondary N) is 3. The summed E-state index contributed by atoms with van der Waals surface area (Å²) in [5.74, 6) is -4.47. The molecule has 0 spiro atoms. The van der Waals surface area contributed by atoms with Gasteiger partial charge < -0.3 is 35.0 Å². The molecule has 2 aliphatic heterocycles. The number of aliphatic carboxylic acids is 1. The smallest absolute Gasteiger partial charge is 0.307 e. The normalized spacial score (nSPS) is 19.0. The van der Waals surface area contributed by atoms with Gasteiger partial charge in [-0.3, -0.25) is 24.2 Å². The number of rotatable bonds is 11. The highest BCUT2D eigenvalue weighted by molar-refractivity contribution is 5.96. The number of amides is 1. The predicted octanol–water partition coefficient (Wildman–Crippen LogP) is 5.73. The molecule has 1 aliphatic carbocycles. The van der Waals surface area contributed by atoms with E-state index in [-0.39, 0.29) is 44.4 Å². The molecular formula is C42H47N5O8. The number of hydrogen-bond donors (Lipinski definition) is 5. The van der Waals surface area contributed by atoms with Crippen LogP contribution in [0, 0.1) is 25.7 Å². The van der Waals surface area contributed by atoms with Crippen LogP contribution in [-0.4, -0.2) is 81.3 Å². The number of carboxylic acid groups (broad SMARTS) is 1. The third-order valence-corrected chi connectivity index (χ3v) is 11.4. The minimum atomic E-state index is -1.20. The number of aliphatic hydroxyl groups is 1. The maximum absolute atomic E-state index is 14.0. The molecule has 288 valence electrons. The molecule has 0 radical (unpaired) electrons. The Morgan fingerprint density at radius 3 is 2.22 bits per heavy atom. The third kappa shape index (κ3) is 7.00. The van der Waals surface area contributed by atoms with E-state index in [1.807, 2.05) is 58.0 Å². The molecule has 3 aliphatic rings. The summed E-state index contributed by atoms with van der Waals surface area (Å²) in [6.45, 7) is 11.5. The Bertz CT molecular complexity index is 2350. The first-order valence-electron chi connectivity index (χ1n) is 18.3. The highest BCUT2D eigenvalue weighted by Crippen LogP contribution is 2.53. The average molecular weight is 750 g/mol. The highest BCUT2D eigenvalue weighted by Gasteiger charge is 2.55. The molecule has 8 bridgehead atoms. The van der Waals surface area contributed by atoms with Crippen molar-refractivity contribution in [2.75, 3.05) is 27.4 Å². The molecule has 0 fully saturated rings. The molecule has 3 atom stereocenters. The van der Waals surface area contributed by atoms with E-state index >= 15 is 0 Å². The van der Waals surface area contributed by atoms with Crippen LogP contribution in [0.5, 0.6) is 0 Å². The number of aromatic amines is 2. The molecule has 3 aromatic heterocycles. The molecule has 0 aromatic carbocycles. The predicted molar refractivity (Wildman–Crippen MR) is 209 cm³/mol. The van der Waals surface area contributed by atoms with Crippen molar-refractivity contribution in [2.45, 2.75) is 65.2 Å². The van der Waals surface area contributed by atoms with Gasteiger partial charge in [0.2, 0.25) is 5.91 Å². The van der Waals surface area contributed by atoms with E-state index < -0.39 is 29.1 Å². The summed E-state index contributed by atoms with van der Waals surface area (Å²) in [6.07, 6.45) is 4.73. The van der Waals surface area contributed by atoms with Crippen LogP contribution >= 0.6 is 0 Å². The van der Waals surface area contributed by atoms with Gasteiger partial charge in [-0.1, -0.05) is 18.7 Å². The Morgan fingerprint density at radius 1 is 0.909 bits per heavy atom. The summed E-state index contributed by atoms with van der Waals surface area (Å²) in [6, 6.07) is 7.65. The van der Waals surface area contributed by atoms with Gasteiger partial charge in [-0.05, 0) is 105 Å². The molecule has 0 saturated carbocycles. The number of ether oxygens (including phenoxy) is 2. The van der Waals surface area contributed by atoms with Crippen molar-refractivity contribution < 1.29 is 38.9 Å². The van der Waals surface area contributed by atoms with Gasteiger partial charge in [0.05, 0.1) is 55.4 Å². The molecular weight excluding hydrogens is 702 g/mol. The molecule has 5 N–H and O–H groups in total. The van der Waals surface area contributed by atoms with Crippen LogP contribution in [0.25, 0.3) is 44.9 Å². The molecule has 3 aromatic rings. The van der Waals surface area contributed by atoms with E-state index in [4.69, 9.17) is 19.4 Å². The van der Waals surface area contributed by atoms with Crippen LogP contribution in [0.4, 0.5) is 0 Å². The lowest BCUT2D eigenvalue weighted by atomic mass is 9.60. The lowest BCUT2D eigenvalue weighted by Crippen LogP contribution is -2.50. The first kappa shape index (κ1) is 38.9. The number of aryl methyl sites for hydroxylation is 3. The summed E-state index contributed by atoms with van der Waals surface area (Å²) in [7, 11) is 2.70. The zero-order chi connectivity index (χ0) is 39.8. The number of hydrogen-bond acceptors (Lipinski definition) is 9. The molecule has 0 unspecified atom stereocenters. The number of fused-ring (bicyclic) bond motifs is 11. The number of carbonyl (C=O) groups excluding carboxylic acids is 3. The summed E-state index contributed by atoms with van der Waals surface area (Å²) in [4.78, 5) is 68.8. The minimum absolute atomic E-state index is 0.0331. The second kappa shape index (κ2) is 15.5. The molecule has 13 heteroatoms. The highest BCUT2D eigenvalue weighted by atomic mass is 16.5. The third-order valence-electron chi connectivity index (χ3n) is 11.4. The first-order chi connectivity index (χ1) is 26.3. The van der Waals surface area contributed by atoms with E-state index in [1.165, 1.54) is 14.2 Å². The maximum Gasteiger partial charge on any atom is 0.307 e. The largest absolute Gasteiger partial charge is 0.481 e. The average Bonchev–Trinajstić information content (AvgIpc) is 3.82. The van der Waals surface area contributed by atoms with Crippen molar-refractivity contribution in [2.24, 2.45) is 11.8 Å². The van der Waals surface area contributed by atoms with Crippen LogP contribution in [0.15, 0.2) is 36.9 Å². The number of allylic oxidation sites excluding steroid dienone is 4. The van der Waals surface area contributed by atoms with E-state index in [2.05, 4.69) is 21.9 Å². The van der Waals surface area contributed by atoms with E-state index in [0.29, 0.717) is 41.2 Å². The monoisotopic (exact) mass is 749 g/mol. The Balaban J connectivity index is 1.74. The van der Waals surface area contributed by atoms with Crippen LogP contribution in [-0.2, 0) is 40.5 Å². The Morgan fingerprint density at radius 2 is 1.56 bits per heavy atom. The van der Waals surface area contributed by atoms with Crippen LogP contribution < -0.4 is 5.32 Å². The summed E-state index contributed by atoms with van der Waals surface area (Å²) in [5.41, 5.74) is 9.99. The molecule has 55 heavy (non-hydrogen) atoms. The van der Waals surface area contributed by atoms with Gasteiger partial charge in [0, 0.05) is 52.4 Å². The summed E-state index contributed by atoms with van der Waals surface area (Å²) >= 11 is 0. The van der Waals surface area contributed by atoms with E-state index in [9.17, 15) is 29.4 Å². The topological polar surface area (TPSA) is 197 Å². The quantitative estimate of drug-likeness (QED) is 0.151. The second-order valence-electron chi connectivity index (χ2n) is 14.3. The van der Waals surface area contributed by atoms with Gasteiger partial charge in [-0.2, -0.15) is 0 Å². The van der Waals surface area contributed by atoms with Crippen LogP contribution in [0.3, 0.4) is 0 Å². The number of esters is 2. The second-order valence-corrected chi connectivity index (χ2v) is 14.3. The number of aliphatic hydroxyl groups excluding tert-OH is 1. The molecule has 13 nitrogen and oxygen atoms in total. The molecule has 1 amide bonds. The van der Waals surface area contributed by atoms with E-state index in [1.54, 1.807) is 6.08 Å². The minimum Gasteiger partial charge on any atom is -0.481 e. The van der Waals surface area contributed by atoms with Crippen molar-refractivity contribution in [1.82, 2.24) is 25.3 Å².